The van der Waals surface area contributed by atoms with E-state index >= 15 is 0 Å². The highest BCUT2D eigenvalue weighted by Crippen LogP contribution is 2.25. The highest BCUT2D eigenvalue weighted by atomic mass is 16.6. The SMILES string of the molecule is Cc1c(O)cccc1[N+](=O)[O-].N. The number of aromatic hydroxyl groups is 1. The third kappa shape index (κ3) is 1.70. The van der Waals surface area contributed by atoms with Gasteiger partial charge >= 0.3 is 0 Å². The maximum absolute atomic E-state index is 10.3. The van der Waals surface area contributed by atoms with Crippen molar-refractivity contribution in [2.24, 2.45) is 0 Å². The van der Waals surface area contributed by atoms with Crippen LogP contribution in [0, 0.1) is 17.0 Å². The van der Waals surface area contributed by atoms with Crippen LogP contribution in [-0.4, -0.2) is 10.0 Å². The quantitative estimate of drug-likeness (QED) is 0.495. The second-order valence-corrected chi connectivity index (χ2v) is 2.18. The molecule has 1 rings (SSSR count). The van der Waals surface area contributed by atoms with Gasteiger partial charge in [-0.1, -0.05) is 6.07 Å². The summed E-state index contributed by atoms with van der Waals surface area (Å²) in [5.41, 5.74) is 0.252. The van der Waals surface area contributed by atoms with Gasteiger partial charge in [-0.25, -0.2) is 0 Å². The van der Waals surface area contributed by atoms with Crippen LogP contribution in [0.15, 0.2) is 18.2 Å². The van der Waals surface area contributed by atoms with Gasteiger partial charge in [-0.3, -0.25) is 10.1 Å². The number of phenols is 1. The van der Waals surface area contributed by atoms with E-state index in [2.05, 4.69) is 0 Å². The fourth-order valence-electron chi connectivity index (χ4n) is 0.809. The molecule has 0 aliphatic heterocycles. The Bertz CT molecular complexity index is 299. The Labute approximate surface area is 69.4 Å². The van der Waals surface area contributed by atoms with Gasteiger partial charge in [-0.2, -0.15) is 0 Å². The summed E-state index contributed by atoms with van der Waals surface area (Å²) in [5, 5.41) is 19.3. The summed E-state index contributed by atoms with van der Waals surface area (Å²) in [6, 6.07) is 4.22. The number of nitrogens with zero attached hydrogens (tertiary/aromatic N) is 1. The second-order valence-electron chi connectivity index (χ2n) is 2.18. The molecule has 0 aromatic heterocycles. The molecule has 0 unspecified atom stereocenters. The van der Waals surface area contributed by atoms with Gasteiger partial charge in [0.15, 0.2) is 0 Å². The Morgan fingerprint density at radius 3 is 2.50 bits per heavy atom. The highest BCUT2D eigenvalue weighted by molar-refractivity contribution is 5.47. The molecule has 0 fully saturated rings. The number of nitro groups is 1. The molecule has 0 aliphatic carbocycles. The molecule has 0 radical (unpaired) electrons. The molecule has 5 nitrogen and oxygen atoms in total. The third-order valence-corrected chi connectivity index (χ3v) is 1.47. The van der Waals surface area contributed by atoms with Gasteiger partial charge in [0.25, 0.3) is 5.69 Å². The lowest BCUT2D eigenvalue weighted by molar-refractivity contribution is -0.385. The lowest BCUT2D eigenvalue weighted by atomic mass is 10.2. The molecule has 0 saturated carbocycles. The van der Waals surface area contributed by atoms with Crippen molar-refractivity contribution in [1.29, 1.82) is 0 Å². The molecular weight excluding hydrogens is 160 g/mol. The van der Waals surface area contributed by atoms with Crippen LogP contribution >= 0.6 is 0 Å². The van der Waals surface area contributed by atoms with Crippen LogP contribution in [0.5, 0.6) is 5.75 Å². The number of benzene rings is 1. The van der Waals surface area contributed by atoms with Crippen LogP contribution in [-0.2, 0) is 0 Å². The van der Waals surface area contributed by atoms with Crippen molar-refractivity contribution >= 4 is 5.69 Å². The molecule has 0 atom stereocenters. The summed E-state index contributed by atoms with van der Waals surface area (Å²) in [6.45, 7) is 1.51. The maximum Gasteiger partial charge on any atom is 0.275 e. The van der Waals surface area contributed by atoms with E-state index in [1.807, 2.05) is 0 Å². The first-order valence-electron chi connectivity index (χ1n) is 3.06. The minimum Gasteiger partial charge on any atom is -0.507 e. The average Bonchev–Trinajstić information content (AvgIpc) is 1.94. The number of hydrogen-bond donors (Lipinski definition) is 2. The number of hydrogen-bond acceptors (Lipinski definition) is 4. The molecule has 66 valence electrons. The summed E-state index contributed by atoms with van der Waals surface area (Å²) in [4.78, 5) is 9.75. The smallest absolute Gasteiger partial charge is 0.275 e. The van der Waals surface area contributed by atoms with Gasteiger partial charge in [-0.15, -0.1) is 0 Å². The van der Waals surface area contributed by atoms with Gasteiger partial charge in [0.1, 0.15) is 5.75 Å². The van der Waals surface area contributed by atoms with Gasteiger partial charge < -0.3 is 11.3 Å². The van der Waals surface area contributed by atoms with Crippen LogP contribution in [0.2, 0.25) is 0 Å². The minimum absolute atomic E-state index is 0. The largest absolute Gasteiger partial charge is 0.507 e. The zero-order valence-electron chi connectivity index (χ0n) is 6.65. The van der Waals surface area contributed by atoms with E-state index in [9.17, 15) is 10.1 Å². The molecule has 0 aliphatic rings. The van der Waals surface area contributed by atoms with Crippen molar-refractivity contribution in [3.63, 3.8) is 0 Å². The van der Waals surface area contributed by atoms with E-state index in [-0.39, 0.29) is 17.6 Å². The zero-order chi connectivity index (χ0) is 8.43. The number of nitro benzene ring substituents is 1. The molecule has 5 heteroatoms. The molecular formula is C7H10N2O3. The fourth-order valence-corrected chi connectivity index (χ4v) is 0.809. The molecule has 0 amide bonds. The standard InChI is InChI=1S/C7H7NO3.H3N/c1-5-6(8(10)11)3-2-4-7(5)9;/h2-4,9H,1H3;1H3. The predicted octanol–water partition coefficient (Wildman–Crippen LogP) is 1.77. The summed E-state index contributed by atoms with van der Waals surface area (Å²) < 4.78 is 0. The zero-order valence-corrected chi connectivity index (χ0v) is 6.65. The highest BCUT2D eigenvalue weighted by Gasteiger charge is 2.11. The van der Waals surface area contributed by atoms with Gasteiger partial charge in [0.05, 0.1) is 10.5 Å². The number of rotatable bonds is 1. The maximum atomic E-state index is 10.3. The van der Waals surface area contributed by atoms with Crippen LogP contribution < -0.4 is 6.15 Å². The average molecular weight is 170 g/mol. The lowest BCUT2D eigenvalue weighted by Gasteiger charge is -1.97. The van der Waals surface area contributed by atoms with Crippen LogP contribution in [0.25, 0.3) is 0 Å². The predicted molar refractivity (Wildman–Crippen MR) is 44.5 cm³/mol. The topological polar surface area (TPSA) is 98.4 Å². The lowest BCUT2D eigenvalue weighted by Crippen LogP contribution is -1.90. The summed E-state index contributed by atoms with van der Waals surface area (Å²) in [6.07, 6.45) is 0. The monoisotopic (exact) mass is 170 g/mol. The van der Waals surface area contributed by atoms with E-state index < -0.39 is 4.92 Å². The van der Waals surface area contributed by atoms with E-state index in [1.54, 1.807) is 0 Å². The summed E-state index contributed by atoms with van der Waals surface area (Å²) >= 11 is 0. The Kier molecular flexibility index (Phi) is 3.18. The normalized spacial score (nSPS) is 8.75. The van der Waals surface area contributed by atoms with Crippen molar-refractivity contribution in [2.75, 3.05) is 0 Å². The molecule has 0 spiro atoms. The van der Waals surface area contributed by atoms with E-state index in [0.29, 0.717) is 5.56 Å². The van der Waals surface area contributed by atoms with E-state index in [4.69, 9.17) is 5.11 Å². The molecule has 1 aromatic rings. The van der Waals surface area contributed by atoms with Crippen LogP contribution in [0.3, 0.4) is 0 Å². The molecule has 4 N–H and O–H groups in total. The Morgan fingerprint density at radius 1 is 1.50 bits per heavy atom. The van der Waals surface area contributed by atoms with Crippen molar-refractivity contribution in [3.8, 4) is 5.75 Å². The molecule has 0 saturated heterocycles. The van der Waals surface area contributed by atoms with E-state index in [0.717, 1.165) is 0 Å². The molecule has 1 aromatic carbocycles. The minimum atomic E-state index is -0.519. The molecule has 0 bridgehead atoms. The van der Waals surface area contributed by atoms with Crippen molar-refractivity contribution in [1.82, 2.24) is 6.15 Å². The van der Waals surface area contributed by atoms with Crippen LogP contribution in [0.1, 0.15) is 5.56 Å². The molecule has 0 heterocycles. The van der Waals surface area contributed by atoms with Gasteiger partial charge in [0, 0.05) is 6.07 Å². The second kappa shape index (κ2) is 3.68. The van der Waals surface area contributed by atoms with Crippen molar-refractivity contribution in [3.05, 3.63) is 33.9 Å². The molecule has 12 heavy (non-hydrogen) atoms. The third-order valence-electron chi connectivity index (χ3n) is 1.47. The Morgan fingerprint density at radius 2 is 2.08 bits per heavy atom. The fraction of sp³-hybridized carbons (Fsp3) is 0.143. The van der Waals surface area contributed by atoms with Crippen molar-refractivity contribution < 1.29 is 10.0 Å². The number of phenolic OH excluding ortho intramolecular Hbond substituents is 1. The van der Waals surface area contributed by atoms with Gasteiger partial charge in [-0.05, 0) is 13.0 Å². The Hall–Kier alpha value is -1.62. The van der Waals surface area contributed by atoms with Crippen LogP contribution in [0.4, 0.5) is 5.69 Å². The van der Waals surface area contributed by atoms with Crippen molar-refractivity contribution in [2.45, 2.75) is 6.92 Å². The summed E-state index contributed by atoms with van der Waals surface area (Å²) in [5.74, 6) is -0.0424. The van der Waals surface area contributed by atoms with Gasteiger partial charge in [0.2, 0.25) is 0 Å². The first-order chi connectivity index (χ1) is 5.13. The summed E-state index contributed by atoms with van der Waals surface area (Å²) in [7, 11) is 0. The first kappa shape index (κ1) is 10.4. The Balaban J connectivity index is 0.00000121. The van der Waals surface area contributed by atoms with E-state index in [1.165, 1.54) is 25.1 Å². The first-order valence-corrected chi connectivity index (χ1v) is 3.06.